The molecule has 1 fully saturated rings. The molecule has 29 heavy (non-hydrogen) atoms. The minimum Gasteiger partial charge on any atom is -0.393 e. The van der Waals surface area contributed by atoms with E-state index >= 15 is 0 Å². The molecule has 0 bridgehead atoms. The summed E-state index contributed by atoms with van der Waals surface area (Å²) in [6, 6.07) is 0. The molecule has 1 saturated carbocycles. The van der Waals surface area contributed by atoms with E-state index in [0.717, 1.165) is 50.0 Å². The molecule has 0 aromatic carbocycles. The molecule has 0 radical (unpaired) electrons. The summed E-state index contributed by atoms with van der Waals surface area (Å²) in [4.78, 5) is 0. The largest absolute Gasteiger partial charge is 0.393 e. The Labute approximate surface area is 179 Å². The van der Waals surface area contributed by atoms with Gasteiger partial charge in [0.15, 0.2) is 0 Å². The van der Waals surface area contributed by atoms with E-state index in [2.05, 4.69) is 13.8 Å². The third-order valence-corrected chi connectivity index (χ3v) is 8.70. The van der Waals surface area contributed by atoms with Gasteiger partial charge in [0.2, 0.25) is 0 Å². The zero-order valence-electron chi connectivity index (χ0n) is 19.5. The maximum absolute atomic E-state index is 11.0. The minimum absolute atomic E-state index is 0.133. The number of aliphatic hydroxyl groups excluding tert-OH is 1. The Morgan fingerprint density at radius 3 is 2.45 bits per heavy atom. The molecular weight excluding hydrogens is 360 g/mol. The fourth-order valence-electron chi connectivity index (χ4n) is 6.83. The third-order valence-electron chi connectivity index (χ3n) is 8.70. The molecule has 0 saturated heterocycles. The van der Waals surface area contributed by atoms with Crippen LogP contribution >= 0.6 is 0 Å². The summed E-state index contributed by atoms with van der Waals surface area (Å²) >= 11 is 0. The smallest absolute Gasteiger partial charge is 0.0574 e. The van der Waals surface area contributed by atoms with Crippen LogP contribution in [0.3, 0.4) is 0 Å². The highest BCUT2D eigenvalue weighted by Crippen LogP contribution is 2.45. The van der Waals surface area contributed by atoms with Crippen LogP contribution < -0.4 is 0 Å². The first-order valence-electron chi connectivity index (χ1n) is 12.5. The Bertz CT molecular complexity index is 528. The molecule has 0 spiro atoms. The fraction of sp³-hybridized carbons (Fsp3) is 0.923. The van der Waals surface area contributed by atoms with Crippen LogP contribution in [0, 0.1) is 29.6 Å². The topological polar surface area (TPSA) is 38.7 Å². The third kappa shape index (κ3) is 5.86. The lowest BCUT2D eigenvalue weighted by Gasteiger charge is -2.37. The van der Waals surface area contributed by atoms with Crippen LogP contribution in [0.25, 0.3) is 0 Å². The van der Waals surface area contributed by atoms with E-state index < -0.39 is 0 Å². The molecule has 0 amide bonds. The molecule has 1 N–H and O–H groups in total. The first-order chi connectivity index (χ1) is 14.0. The van der Waals surface area contributed by atoms with Crippen molar-refractivity contribution in [2.24, 2.45) is 29.6 Å². The molecule has 7 atom stereocenters. The second-order valence-corrected chi connectivity index (χ2v) is 10.3. The zero-order chi connectivity index (χ0) is 20.8. The van der Waals surface area contributed by atoms with Crippen LogP contribution in [-0.4, -0.2) is 38.1 Å². The number of hydrogen-bond donors (Lipinski definition) is 1. The lowest BCUT2D eigenvalue weighted by atomic mass is 9.71. The van der Waals surface area contributed by atoms with Gasteiger partial charge in [-0.05, 0) is 107 Å². The number of methoxy groups -OCH3 is 2. The second-order valence-electron chi connectivity index (χ2n) is 10.3. The summed E-state index contributed by atoms with van der Waals surface area (Å²) in [6.07, 6.45) is 15.0. The van der Waals surface area contributed by atoms with Gasteiger partial charge in [0.25, 0.3) is 0 Å². The van der Waals surface area contributed by atoms with Gasteiger partial charge in [0.05, 0.1) is 12.2 Å². The molecule has 3 aliphatic carbocycles. The molecule has 0 aromatic rings. The zero-order valence-corrected chi connectivity index (χ0v) is 19.5. The van der Waals surface area contributed by atoms with Crippen molar-refractivity contribution >= 4 is 0 Å². The molecule has 3 nitrogen and oxygen atoms in total. The Hall–Kier alpha value is -0.380. The Morgan fingerprint density at radius 2 is 1.72 bits per heavy atom. The van der Waals surface area contributed by atoms with Gasteiger partial charge in [-0.15, -0.1) is 0 Å². The Balaban J connectivity index is 1.58. The van der Waals surface area contributed by atoms with Crippen LogP contribution in [0.1, 0.15) is 90.9 Å². The monoisotopic (exact) mass is 406 g/mol. The van der Waals surface area contributed by atoms with Crippen molar-refractivity contribution in [2.75, 3.05) is 20.8 Å². The van der Waals surface area contributed by atoms with E-state index in [1.807, 2.05) is 14.2 Å². The normalized spacial score (nSPS) is 37.1. The van der Waals surface area contributed by atoms with E-state index in [0.29, 0.717) is 17.9 Å². The van der Waals surface area contributed by atoms with Crippen LogP contribution in [0.4, 0.5) is 0 Å². The van der Waals surface area contributed by atoms with Gasteiger partial charge in [-0.1, -0.05) is 25.0 Å². The maximum Gasteiger partial charge on any atom is 0.0574 e. The fourth-order valence-corrected chi connectivity index (χ4v) is 6.83. The van der Waals surface area contributed by atoms with Gasteiger partial charge < -0.3 is 14.6 Å². The maximum atomic E-state index is 11.0. The molecule has 3 rings (SSSR count). The Kier molecular flexibility index (Phi) is 9.07. The van der Waals surface area contributed by atoms with Crippen molar-refractivity contribution in [3.05, 3.63) is 11.1 Å². The highest BCUT2D eigenvalue weighted by Gasteiger charge is 2.34. The lowest BCUT2D eigenvalue weighted by molar-refractivity contribution is -0.0144. The minimum atomic E-state index is -0.133. The summed E-state index contributed by atoms with van der Waals surface area (Å²) < 4.78 is 10.9. The van der Waals surface area contributed by atoms with Gasteiger partial charge in [-0.2, -0.15) is 0 Å². The molecule has 3 aliphatic rings. The van der Waals surface area contributed by atoms with E-state index in [1.54, 1.807) is 11.1 Å². The number of aliphatic hydroxyl groups is 1. The molecule has 0 aliphatic heterocycles. The van der Waals surface area contributed by atoms with Crippen molar-refractivity contribution in [1.29, 1.82) is 0 Å². The average Bonchev–Trinajstić information content (AvgIpc) is 2.89. The molecule has 6 unspecified atom stereocenters. The van der Waals surface area contributed by atoms with Crippen molar-refractivity contribution in [3.8, 4) is 0 Å². The summed E-state index contributed by atoms with van der Waals surface area (Å²) in [5.41, 5.74) is 3.59. The summed E-state index contributed by atoms with van der Waals surface area (Å²) in [6.45, 7) is 5.69. The van der Waals surface area contributed by atoms with E-state index in [1.165, 1.54) is 51.4 Å². The predicted molar refractivity (Wildman–Crippen MR) is 120 cm³/mol. The second kappa shape index (κ2) is 11.3. The SMILES string of the molecule is COCCC1CCCC2=C(CCCC2CCC(O)C2CCC(OC)C[C@H]2C)C1C. The first kappa shape index (κ1) is 23.3. The number of hydrogen-bond acceptors (Lipinski definition) is 3. The molecule has 0 heterocycles. The van der Waals surface area contributed by atoms with Crippen LogP contribution in [0.2, 0.25) is 0 Å². The van der Waals surface area contributed by atoms with Crippen molar-refractivity contribution < 1.29 is 14.6 Å². The van der Waals surface area contributed by atoms with Crippen LogP contribution in [0.5, 0.6) is 0 Å². The quantitative estimate of drug-likeness (QED) is 0.491. The van der Waals surface area contributed by atoms with E-state index in [4.69, 9.17) is 9.47 Å². The molecular formula is C26H46O3. The van der Waals surface area contributed by atoms with Crippen molar-refractivity contribution in [2.45, 2.75) is 103 Å². The lowest BCUT2D eigenvalue weighted by Crippen LogP contribution is -2.35. The summed E-state index contributed by atoms with van der Waals surface area (Å²) in [7, 11) is 3.66. The van der Waals surface area contributed by atoms with Crippen LogP contribution in [-0.2, 0) is 9.47 Å². The van der Waals surface area contributed by atoms with Crippen LogP contribution in [0.15, 0.2) is 11.1 Å². The van der Waals surface area contributed by atoms with Crippen molar-refractivity contribution in [1.82, 2.24) is 0 Å². The van der Waals surface area contributed by atoms with Gasteiger partial charge in [-0.25, -0.2) is 0 Å². The standard InChI is InChI=1S/C26H46O3/c1-18-17-22(29-4)12-13-23(18)26(27)14-11-21-8-6-9-24-19(2)20(15-16-28-3)7-5-10-25(21)24/h18-23,26-27H,5-17H2,1-4H3/t18-,19?,20?,21?,22?,23?,26?/m1/s1. The highest BCUT2D eigenvalue weighted by molar-refractivity contribution is 5.24. The Morgan fingerprint density at radius 1 is 0.966 bits per heavy atom. The molecule has 0 aromatic heterocycles. The summed E-state index contributed by atoms with van der Waals surface area (Å²) in [5, 5.41) is 11.0. The highest BCUT2D eigenvalue weighted by atomic mass is 16.5. The first-order valence-corrected chi connectivity index (χ1v) is 12.5. The molecule has 168 valence electrons. The van der Waals surface area contributed by atoms with Gasteiger partial charge in [-0.3, -0.25) is 0 Å². The number of allylic oxidation sites excluding steroid dienone is 2. The van der Waals surface area contributed by atoms with Gasteiger partial charge in [0, 0.05) is 20.8 Å². The van der Waals surface area contributed by atoms with E-state index in [-0.39, 0.29) is 6.10 Å². The molecule has 3 heteroatoms. The predicted octanol–water partition coefficient (Wildman–Crippen LogP) is 6.15. The number of ether oxygens (including phenoxy) is 2. The average molecular weight is 407 g/mol. The summed E-state index contributed by atoms with van der Waals surface area (Å²) in [5.74, 6) is 3.28. The van der Waals surface area contributed by atoms with Gasteiger partial charge in [0.1, 0.15) is 0 Å². The van der Waals surface area contributed by atoms with E-state index in [9.17, 15) is 5.11 Å². The van der Waals surface area contributed by atoms with Gasteiger partial charge >= 0.3 is 0 Å². The number of rotatable bonds is 8. The van der Waals surface area contributed by atoms with Crippen molar-refractivity contribution in [3.63, 3.8) is 0 Å².